The average Bonchev–Trinajstić information content (AvgIpc) is 3.55. The van der Waals surface area contributed by atoms with Crippen LogP contribution in [0, 0.1) is 0 Å². The Kier molecular flexibility index (Phi) is 8.01. The Hall–Kier alpha value is -4.39. The fourth-order valence-corrected chi connectivity index (χ4v) is 4.35. The van der Waals surface area contributed by atoms with Crippen molar-refractivity contribution in [2.75, 3.05) is 26.3 Å². The SMILES string of the molecule is Cl.NC[C@H]1COc2ccc3[nH]c(=O)oc3c2O1.O=c1[nH]c2ccc3c(c2o1)OC(CNCc1ccccc1)CO3. The van der Waals surface area contributed by atoms with Gasteiger partial charge in [0.15, 0.2) is 11.5 Å². The molecule has 2 aliphatic heterocycles. The maximum absolute atomic E-state index is 11.4. The zero-order valence-electron chi connectivity index (χ0n) is 21.1. The summed E-state index contributed by atoms with van der Waals surface area (Å²) < 4.78 is 32.9. The molecule has 4 heterocycles. The predicted molar refractivity (Wildman–Crippen MR) is 148 cm³/mol. The molecule has 40 heavy (non-hydrogen) atoms. The van der Waals surface area contributed by atoms with Crippen LogP contribution < -0.4 is 41.5 Å². The molecule has 0 aliphatic carbocycles. The lowest BCUT2D eigenvalue weighted by Gasteiger charge is -2.26. The highest BCUT2D eigenvalue weighted by Gasteiger charge is 2.26. The van der Waals surface area contributed by atoms with Gasteiger partial charge in [-0.25, -0.2) is 9.59 Å². The monoisotopic (exact) mass is 570 g/mol. The van der Waals surface area contributed by atoms with E-state index in [9.17, 15) is 9.59 Å². The number of nitrogens with two attached hydrogens (primary N) is 1. The summed E-state index contributed by atoms with van der Waals surface area (Å²) in [5, 5.41) is 3.35. The van der Waals surface area contributed by atoms with Gasteiger partial charge in [-0.15, -0.1) is 12.4 Å². The summed E-state index contributed by atoms with van der Waals surface area (Å²) in [7, 11) is 0. The molecule has 0 saturated heterocycles. The first-order valence-corrected chi connectivity index (χ1v) is 12.4. The average molecular weight is 571 g/mol. The molecule has 1 unspecified atom stereocenters. The number of oxazole rings is 2. The van der Waals surface area contributed by atoms with Gasteiger partial charge < -0.3 is 38.8 Å². The smallest absolute Gasteiger partial charge is 0.417 e. The van der Waals surface area contributed by atoms with Crippen molar-refractivity contribution in [1.82, 2.24) is 15.3 Å². The quantitative estimate of drug-likeness (QED) is 0.247. The van der Waals surface area contributed by atoms with E-state index in [1.165, 1.54) is 5.56 Å². The van der Waals surface area contributed by atoms with Gasteiger partial charge in [0.25, 0.3) is 0 Å². The summed E-state index contributed by atoms with van der Waals surface area (Å²) in [5.74, 6) is 1.08. The van der Waals surface area contributed by atoms with Crippen LogP contribution in [0.2, 0.25) is 0 Å². The molecule has 0 amide bonds. The molecule has 2 atom stereocenters. The first kappa shape index (κ1) is 27.2. The summed E-state index contributed by atoms with van der Waals surface area (Å²) in [5.41, 5.74) is 8.69. The summed E-state index contributed by atoms with van der Waals surface area (Å²) in [6.45, 7) is 2.61. The Balaban J connectivity index is 0.000000167. The van der Waals surface area contributed by atoms with Gasteiger partial charge in [0.2, 0.25) is 22.7 Å². The number of ether oxygens (including phenoxy) is 4. The summed E-state index contributed by atoms with van der Waals surface area (Å²) in [4.78, 5) is 27.6. The van der Waals surface area contributed by atoms with Crippen molar-refractivity contribution in [3.63, 3.8) is 0 Å². The highest BCUT2D eigenvalue weighted by molar-refractivity contribution is 5.85. The standard InChI is InChI=1S/C17H16N2O4.C10H10N2O4.ClH/c20-17-19-13-6-7-14-16(15(13)23-17)22-12(10-21-14)9-18-8-11-4-2-1-3-5-11;11-3-5-4-14-7-2-1-6-8(9(7)15-5)16-10(13)12-6;/h1-7,12,18H,8-10H2,(H,19,20);1-2,5H,3-4,11H2,(H,12,13);1H/t;5-;/m.0./s1. The van der Waals surface area contributed by atoms with Crippen molar-refractivity contribution in [2.24, 2.45) is 5.73 Å². The second-order valence-electron chi connectivity index (χ2n) is 9.02. The molecule has 0 fully saturated rings. The lowest BCUT2D eigenvalue weighted by atomic mass is 10.2. The number of hydrogen-bond acceptors (Lipinski definition) is 10. The van der Waals surface area contributed by atoms with Crippen molar-refractivity contribution < 1.29 is 27.8 Å². The van der Waals surface area contributed by atoms with Gasteiger partial charge in [-0.1, -0.05) is 30.3 Å². The van der Waals surface area contributed by atoms with Crippen LogP contribution in [0.1, 0.15) is 5.56 Å². The van der Waals surface area contributed by atoms with E-state index in [-0.39, 0.29) is 24.6 Å². The molecule has 0 radical (unpaired) electrons. The lowest BCUT2D eigenvalue weighted by Crippen LogP contribution is -2.38. The lowest BCUT2D eigenvalue weighted by molar-refractivity contribution is 0.0908. The third-order valence-electron chi connectivity index (χ3n) is 6.24. The second-order valence-corrected chi connectivity index (χ2v) is 9.02. The van der Waals surface area contributed by atoms with Gasteiger partial charge in [-0.05, 0) is 29.8 Å². The van der Waals surface area contributed by atoms with Gasteiger partial charge in [0.1, 0.15) is 25.4 Å². The number of nitrogens with one attached hydrogen (secondary N) is 3. The first-order valence-electron chi connectivity index (χ1n) is 12.4. The first-order chi connectivity index (χ1) is 19.1. The van der Waals surface area contributed by atoms with Crippen LogP contribution in [0.25, 0.3) is 22.2 Å². The van der Waals surface area contributed by atoms with Crippen LogP contribution >= 0.6 is 12.4 Å². The summed E-state index contributed by atoms with van der Waals surface area (Å²) in [6.07, 6.45) is -0.352. The van der Waals surface area contributed by atoms with E-state index < -0.39 is 11.5 Å². The zero-order valence-corrected chi connectivity index (χ0v) is 22.0. The van der Waals surface area contributed by atoms with Crippen molar-refractivity contribution >= 4 is 34.6 Å². The molecule has 0 spiro atoms. The van der Waals surface area contributed by atoms with E-state index in [1.54, 1.807) is 24.3 Å². The molecule has 2 aromatic heterocycles. The van der Waals surface area contributed by atoms with Gasteiger partial charge in [0.05, 0.1) is 11.0 Å². The Labute approximate surface area is 232 Å². The fourth-order valence-electron chi connectivity index (χ4n) is 4.35. The zero-order chi connectivity index (χ0) is 26.8. The largest absolute Gasteiger partial charge is 0.486 e. The van der Waals surface area contributed by atoms with E-state index in [0.29, 0.717) is 71.5 Å². The normalized spacial score (nSPS) is 17.1. The predicted octanol–water partition coefficient (Wildman–Crippen LogP) is 2.69. The summed E-state index contributed by atoms with van der Waals surface area (Å²) >= 11 is 0. The summed E-state index contributed by atoms with van der Waals surface area (Å²) in [6, 6.07) is 17.1. The third-order valence-corrected chi connectivity index (χ3v) is 6.24. The second kappa shape index (κ2) is 11.8. The fraction of sp³-hybridized carbons (Fsp3) is 0.259. The van der Waals surface area contributed by atoms with Crippen molar-refractivity contribution in [3.8, 4) is 23.0 Å². The number of hydrogen-bond donors (Lipinski definition) is 4. The van der Waals surface area contributed by atoms with E-state index in [4.69, 9.17) is 33.5 Å². The molecule has 2 aliphatic rings. The van der Waals surface area contributed by atoms with Crippen LogP contribution in [0.3, 0.4) is 0 Å². The number of benzene rings is 3. The van der Waals surface area contributed by atoms with Gasteiger partial charge in [-0.3, -0.25) is 9.97 Å². The number of aromatic nitrogens is 2. The minimum atomic E-state index is -0.512. The maximum atomic E-state index is 11.4. The van der Waals surface area contributed by atoms with Crippen LogP contribution in [0.4, 0.5) is 0 Å². The van der Waals surface area contributed by atoms with Crippen molar-refractivity contribution in [1.29, 1.82) is 0 Å². The number of halogens is 1. The molecule has 3 aromatic carbocycles. The molecular formula is C27H27ClN4O8. The minimum Gasteiger partial charge on any atom is -0.486 e. The molecule has 0 saturated carbocycles. The number of rotatable bonds is 5. The van der Waals surface area contributed by atoms with Gasteiger partial charge >= 0.3 is 11.5 Å². The highest BCUT2D eigenvalue weighted by atomic mass is 35.5. The third kappa shape index (κ3) is 5.64. The molecular weight excluding hydrogens is 544 g/mol. The molecule has 12 nitrogen and oxygen atoms in total. The van der Waals surface area contributed by atoms with Crippen LogP contribution in [0.5, 0.6) is 23.0 Å². The van der Waals surface area contributed by atoms with Gasteiger partial charge in [0, 0.05) is 19.6 Å². The molecule has 13 heteroatoms. The van der Waals surface area contributed by atoms with E-state index in [1.807, 2.05) is 18.2 Å². The highest BCUT2D eigenvalue weighted by Crippen LogP contribution is 2.38. The van der Waals surface area contributed by atoms with E-state index >= 15 is 0 Å². The molecule has 5 N–H and O–H groups in total. The molecule has 7 rings (SSSR count). The Morgan fingerprint density at radius 1 is 0.775 bits per heavy atom. The van der Waals surface area contributed by atoms with E-state index in [0.717, 1.165) is 6.54 Å². The molecule has 210 valence electrons. The Morgan fingerprint density at radius 3 is 1.90 bits per heavy atom. The van der Waals surface area contributed by atoms with Crippen molar-refractivity contribution in [3.05, 3.63) is 81.3 Å². The topological polar surface area (TPSA) is 167 Å². The Morgan fingerprint density at radius 2 is 1.32 bits per heavy atom. The minimum absolute atomic E-state index is 0. The van der Waals surface area contributed by atoms with Gasteiger partial charge in [-0.2, -0.15) is 0 Å². The maximum Gasteiger partial charge on any atom is 0.417 e. The van der Waals surface area contributed by atoms with Crippen LogP contribution in [0.15, 0.2) is 73.0 Å². The van der Waals surface area contributed by atoms with E-state index in [2.05, 4.69) is 27.4 Å². The Bertz CT molecular complexity index is 1710. The molecule has 0 bridgehead atoms. The van der Waals surface area contributed by atoms with Crippen LogP contribution in [-0.4, -0.2) is 48.5 Å². The molecule has 5 aromatic rings. The number of H-pyrrole nitrogens is 2. The number of aromatic amines is 2. The van der Waals surface area contributed by atoms with Crippen LogP contribution in [-0.2, 0) is 6.54 Å². The number of fused-ring (bicyclic) bond motifs is 6. The van der Waals surface area contributed by atoms with Crippen molar-refractivity contribution in [2.45, 2.75) is 18.8 Å².